The number of anilines is 1. The van der Waals surface area contributed by atoms with Crippen LogP contribution in [0.3, 0.4) is 0 Å². The molecule has 42 heavy (non-hydrogen) atoms. The number of hydrogen-bond acceptors (Lipinski definition) is 6. The third-order valence-electron chi connectivity index (χ3n) is 6.73. The van der Waals surface area contributed by atoms with Crippen molar-refractivity contribution in [3.8, 4) is 11.5 Å². The predicted molar refractivity (Wildman–Crippen MR) is 165 cm³/mol. The minimum Gasteiger partial charge on any atom is -0.493 e. The molecule has 11 heteroatoms. The molecule has 0 spiro atoms. The maximum Gasteiger partial charge on any atom is 0.264 e. The Kier molecular flexibility index (Phi) is 11.2. The highest BCUT2D eigenvalue weighted by Crippen LogP contribution is 2.33. The number of carbonyl (C=O) groups is 2. The molecule has 0 bridgehead atoms. The number of methoxy groups -OCH3 is 2. The Morgan fingerprint density at radius 3 is 2.19 bits per heavy atom. The normalized spacial score (nSPS) is 11.9. The van der Waals surface area contributed by atoms with Gasteiger partial charge in [-0.2, -0.15) is 0 Å². The first-order valence-corrected chi connectivity index (χ1v) is 15.4. The molecule has 1 unspecified atom stereocenters. The zero-order valence-electron chi connectivity index (χ0n) is 24.8. The number of nitrogens with zero attached hydrogens (tertiary/aromatic N) is 2. The van der Waals surface area contributed by atoms with Gasteiger partial charge in [-0.25, -0.2) is 8.42 Å². The predicted octanol–water partition coefficient (Wildman–Crippen LogP) is 5.11. The van der Waals surface area contributed by atoms with Crippen molar-refractivity contribution in [2.45, 2.75) is 51.6 Å². The maximum atomic E-state index is 14.2. The molecule has 0 saturated heterocycles. The summed E-state index contributed by atoms with van der Waals surface area (Å²) >= 11 is 6.42. The summed E-state index contributed by atoms with van der Waals surface area (Å²) in [7, 11) is -1.42. The molecule has 0 aromatic heterocycles. The standard InChI is InChI=1S/C31H38ClN3O6S/c1-7-14-33-31(37)23(4)34(19-24-10-8-9-11-27(24)32)30(36)20-35(25-16-21(2)15-22(3)17-25)42(38,39)26-12-13-28(40-5)29(18-26)41-6/h8-13,15-18,23H,7,14,19-20H2,1-6H3,(H,33,37). The van der Waals surface area contributed by atoms with Crippen LogP contribution < -0.4 is 19.1 Å². The van der Waals surface area contributed by atoms with E-state index >= 15 is 0 Å². The van der Waals surface area contributed by atoms with Gasteiger partial charge in [0.1, 0.15) is 12.6 Å². The van der Waals surface area contributed by atoms with Crippen molar-refractivity contribution in [3.63, 3.8) is 0 Å². The lowest BCUT2D eigenvalue weighted by molar-refractivity contribution is -0.139. The third kappa shape index (κ3) is 7.74. The number of halogens is 1. The van der Waals surface area contributed by atoms with E-state index in [1.807, 2.05) is 26.8 Å². The lowest BCUT2D eigenvalue weighted by Gasteiger charge is -2.32. The van der Waals surface area contributed by atoms with Gasteiger partial charge in [-0.3, -0.25) is 13.9 Å². The van der Waals surface area contributed by atoms with Crippen LogP contribution in [-0.4, -0.2) is 58.5 Å². The second-order valence-corrected chi connectivity index (χ2v) is 12.2. The van der Waals surface area contributed by atoms with Crippen LogP contribution in [-0.2, 0) is 26.2 Å². The van der Waals surface area contributed by atoms with Gasteiger partial charge < -0.3 is 19.7 Å². The summed E-state index contributed by atoms with van der Waals surface area (Å²) in [5.41, 5.74) is 2.59. The molecule has 2 amide bonds. The van der Waals surface area contributed by atoms with E-state index in [9.17, 15) is 18.0 Å². The topological polar surface area (TPSA) is 105 Å². The smallest absolute Gasteiger partial charge is 0.264 e. The second-order valence-electron chi connectivity index (χ2n) is 9.95. The van der Waals surface area contributed by atoms with Crippen LogP contribution >= 0.6 is 11.6 Å². The number of benzene rings is 3. The quantitative estimate of drug-likeness (QED) is 0.286. The maximum absolute atomic E-state index is 14.2. The van der Waals surface area contributed by atoms with Crippen LogP contribution in [0, 0.1) is 13.8 Å². The van der Waals surface area contributed by atoms with Crippen LogP contribution in [0.25, 0.3) is 0 Å². The molecule has 226 valence electrons. The Morgan fingerprint density at radius 1 is 0.952 bits per heavy atom. The Labute approximate surface area is 253 Å². The lowest BCUT2D eigenvalue weighted by atomic mass is 10.1. The van der Waals surface area contributed by atoms with E-state index in [2.05, 4.69) is 5.32 Å². The fourth-order valence-corrected chi connectivity index (χ4v) is 6.13. The van der Waals surface area contributed by atoms with Gasteiger partial charge in [0.25, 0.3) is 10.0 Å². The molecule has 3 aromatic carbocycles. The second kappa shape index (κ2) is 14.4. The fraction of sp³-hybridized carbons (Fsp3) is 0.355. The molecule has 0 aliphatic heterocycles. The number of nitrogens with one attached hydrogen (secondary N) is 1. The van der Waals surface area contributed by atoms with Crippen LogP contribution in [0.5, 0.6) is 11.5 Å². The Hall–Kier alpha value is -3.76. The van der Waals surface area contributed by atoms with E-state index in [4.69, 9.17) is 21.1 Å². The molecule has 0 aliphatic carbocycles. The summed E-state index contributed by atoms with van der Waals surface area (Å²) in [6.07, 6.45) is 0.723. The SMILES string of the molecule is CCCNC(=O)C(C)N(Cc1ccccc1Cl)C(=O)CN(c1cc(C)cc(C)c1)S(=O)(=O)c1ccc(OC)c(OC)c1. The molecule has 0 heterocycles. The van der Waals surface area contributed by atoms with Crippen molar-refractivity contribution in [2.24, 2.45) is 0 Å². The van der Waals surface area contributed by atoms with Gasteiger partial charge in [-0.05, 0) is 74.2 Å². The molecule has 0 aliphatic rings. The van der Waals surface area contributed by atoms with Gasteiger partial charge in [0, 0.05) is 24.2 Å². The van der Waals surface area contributed by atoms with Gasteiger partial charge in [0.05, 0.1) is 24.8 Å². The van der Waals surface area contributed by atoms with Gasteiger partial charge in [-0.15, -0.1) is 0 Å². The Balaban J connectivity index is 2.11. The van der Waals surface area contributed by atoms with Gasteiger partial charge in [0.15, 0.2) is 11.5 Å². The first kappa shape index (κ1) is 32.8. The van der Waals surface area contributed by atoms with E-state index in [-0.39, 0.29) is 23.1 Å². The summed E-state index contributed by atoms with van der Waals surface area (Å²) in [6.45, 7) is 7.14. The summed E-state index contributed by atoms with van der Waals surface area (Å²) < 4.78 is 40.1. The Morgan fingerprint density at radius 2 is 1.60 bits per heavy atom. The molecular weight excluding hydrogens is 578 g/mol. The molecule has 9 nitrogen and oxygen atoms in total. The van der Waals surface area contributed by atoms with E-state index in [0.29, 0.717) is 28.6 Å². The van der Waals surface area contributed by atoms with E-state index in [1.165, 1.54) is 37.3 Å². The van der Waals surface area contributed by atoms with Gasteiger partial charge in [0.2, 0.25) is 11.8 Å². The number of sulfonamides is 1. The van der Waals surface area contributed by atoms with Crippen molar-refractivity contribution in [2.75, 3.05) is 31.6 Å². The summed E-state index contributed by atoms with van der Waals surface area (Å²) in [6, 6.07) is 15.7. The number of ether oxygens (including phenoxy) is 2. The van der Waals surface area contributed by atoms with Crippen LogP contribution in [0.2, 0.25) is 5.02 Å². The molecule has 1 atom stereocenters. The third-order valence-corrected chi connectivity index (χ3v) is 8.87. The number of aryl methyl sites for hydroxylation is 2. The fourth-order valence-electron chi connectivity index (χ4n) is 4.52. The van der Waals surface area contributed by atoms with E-state index in [1.54, 1.807) is 43.3 Å². The number of hydrogen-bond donors (Lipinski definition) is 1. The van der Waals surface area contributed by atoms with Crippen LogP contribution in [0.15, 0.2) is 65.6 Å². The molecule has 1 N–H and O–H groups in total. The van der Waals surface area contributed by atoms with Gasteiger partial charge in [-0.1, -0.05) is 42.8 Å². The van der Waals surface area contributed by atoms with Gasteiger partial charge >= 0.3 is 0 Å². The molecule has 3 aromatic rings. The summed E-state index contributed by atoms with van der Waals surface area (Å²) in [5, 5.41) is 3.26. The largest absolute Gasteiger partial charge is 0.493 e. The average Bonchev–Trinajstić information content (AvgIpc) is 2.96. The lowest BCUT2D eigenvalue weighted by Crippen LogP contribution is -2.51. The van der Waals surface area contributed by atoms with Crippen molar-refractivity contribution in [1.82, 2.24) is 10.2 Å². The average molecular weight is 616 g/mol. The minimum atomic E-state index is -4.29. The zero-order chi connectivity index (χ0) is 31.0. The molecule has 0 fully saturated rings. The zero-order valence-corrected chi connectivity index (χ0v) is 26.4. The number of carbonyl (C=O) groups excluding carboxylic acids is 2. The first-order chi connectivity index (χ1) is 19.9. The molecule has 3 rings (SSSR count). The minimum absolute atomic E-state index is 0.0102. The van der Waals surface area contributed by atoms with Crippen LogP contribution in [0.4, 0.5) is 5.69 Å². The first-order valence-electron chi connectivity index (χ1n) is 13.6. The monoisotopic (exact) mass is 615 g/mol. The highest BCUT2D eigenvalue weighted by atomic mass is 35.5. The highest BCUT2D eigenvalue weighted by molar-refractivity contribution is 7.92. The Bertz CT molecular complexity index is 1510. The summed E-state index contributed by atoms with van der Waals surface area (Å²) in [4.78, 5) is 28.4. The molecular formula is C31H38ClN3O6S. The van der Waals surface area contributed by atoms with Crippen LogP contribution in [0.1, 0.15) is 37.0 Å². The van der Waals surface area contributed by atoms with E-state index < -0.39 is 28.5 Å². The van der Waals surface area contributed by atoms with E-state index in [0.717, 1.165) is 21.9 Å². The van der Waals surface area contributed by atoms with Crippen molar-refractivity contribution < 1.29 is 27.5 Å². The van der Waals surface area contributed by atoms with Crippen molar-refractivity contribution >= 4 is 39.1 Å². The highest BCUT2D eigenvalue weighted by Gasteiger charge is 2.33. The number of amides is 2. The van der Waals surface area contributed by atoms with Crippen molar-refractivity contribution in [1.29, 1.82) is 0 Å². The number of rotatable bonds is 13. The van der Waals surface area contributed by atoms with Crippen molar-refractivity contribution in [3.05, 3.63) is 82.4 Å². The molecule has 0 saturated carbocycles. The summed E-state index contributed by atoms with van der Waals surface area (Å²) in [5.74, 6) is -0.328. The molecule has 0 radical (unpaired) electrons.